The highest BCUT2D eigenvalue weighted by atomic mass is 32.1. The Labute approximate surface area is 127 Å². The Hall–Kier alpha value is -1.24. The van der Waals surface area contributed by atoms with E-state index in [9.17, 15) is 5.11 Å². The first kappa shape index (κ1) is 13.7. The maximum atomic E-state index is 10.3. The molecule has 2 heterocycles. The molecule has 0 amide bonds. The van der Waals surface area contributed by atoms with E-state index in [1.54, 1.807) is 4.68 Å². The van der Waals surface area contributed by atoms with E-state index in [1.165, 1.54) is 24.2 Å². The number of nitrogens with zero attached hydrogens (tertiary/aromatic N) is 3. The predicted octanol–water partition coefficient (Wildman–Crippen LogP) is 3.01. The molecule has 4 nitrogen and oxygen atoms in total. The molecular formula is C14H17N3OS2. The normalized spacial score (nSPS) is 16.6. The Morgan fingerprint density at radius 2 is 1.95 bits per heavy atom. The zero-order chi connectivity index (χ0) is 13.9. The summed E-state index contributed by atoms with van der Waals surface area (Å²) in [7, 11) is 0. The number of benzene rings is 1. The fourth-order valence-corrected chi connectivity index (χ4v) is 3.56. The minimum atomic E-state index is -0.573. The van der Waals surface area contributed by atoms with Gasteiger partial charge in [0.25, 0.3) is 0 Å². The summed E-state index contributed by atoms with van der Waals surface area (Å²) in [5.41, 5.74) is 0.894. The van der Waals surface area contributed by atoms with Gasteiger partial charge in [0.1, 0.15) is 0 Å². The van der Waals surface area contributed by atoms with E-state index >= 15 is 0 Å². The van der Waals surface area contributed by atoms with Crippen molar-refractivity contribution in [2.45, 2.75) is 25.5 Å². The van der Waals surface area contributed by atoms with Gasteiger partial charge in [0.2, 0.25) is 5.13 Å². The Morgan fingerprint density at radius 1 is 1.25 bits per heavy atom. The highest BCUT2D eigenvalue weighted by molar-refractivity contribution is 7.73. The number of hydrogen-bond acceptors (Lipinski definition) is 5. The molecule has 3 rings (SSSR count). The Bertz CT molecular complexity index is 617. The number of aliphatic hydroxyl groups is 1. The third-order valence-corrected chi connectivity index (χ3v) is 4.87. The molecule has 1 aromatic heterocycles. The summed E-state index contributed by atoms with van der Waals surface area (Å²) in [4.78, 5) is 2.27. The smallest absolute Gasteiger partial charge is 0.207 e. The Balaban J connectivity index is 1.76. The molecule has 1 saturated heterocycles. The predicted molar refractivity (Wildman–Crippen MR) is 83.8 cm³/mol. The van der Waals surface area contributed by atoms with Crippen LogP contribution < -0.4 is 4.90 Å². The summed E-state index contributed by atoms with van der Waals surface area (Å²) < 4.78 is 2.47. The van der Waals surface area contributed by atoms with Crippen LogP contribution in [0.25, 0.3) is 0 Å². The Kier molecular flexibility index (Phi) is 4.14. The van der Waals surface area contributed by atoms with Gasteiger partial charge >= 0.3 is 0 Å². The molecule has 1 N–H and O–H groups in total. The number of rotatable bonds is 4. The lowest BCUT2D eigenvalue weighted by Gasteiger charge is -2.13. The van der Waals surface area contributed by atoms with Crippen LogP contribution in [0, 0.1) is 3.95 Å². The van der Waals surface area contributed by atoms with Gasteiger partial charge in [-0.05, 0) is 30.6 Å². The third-order valence-electron chi connectivity index (χ3n) is 3.50. The zero-order valence-electron chi connectivity index (χ0n) is 11.1. The van der Waals surface area contributed by atoms with Crippen LogP contribution in [0.2, 0.25) is 0 Å². The van der Waals surface area contributed by atoms with Crippen LogP contribution in [0.1, 0.15) is 24.5 Å². The van der Waals surface area contributed by atoms with Crippen LogP contribution in [0.5, 0.6) is 0 Å². The molecule has 0 spiro atoms. The lowest BCUT2D eigenvalue weighted by Crippen LogP contribution is -2.18. The van der Waals surface area contributed by atoms with E-state index < -0.39 is 6.10 Å². The summed E-state index contributed by atoms with van der Waals surface area (Å²) >= 11 is 6.89. The van der Waals surface area contributed by atoms with Crippen molar-refractivity contribution < 1.29 is 5.11 Å². The van der Waals surface area contributed by atoms with Gasteiger partial charge < -0.3 is 10.0 Å². The molecule has 0 aliphatic carbocycles. The molecule has 1 atom stereocenters. The molecule has 0 bridgehead atoms. The second-order valence-electron chi connectivity index (χ2n) is 4.95. The minimum absolute atomic E-state index is 0.410. The lowest BCUT2D eigenvalue weighted by atomic mass is 10.1. The molecule has 0 saturated carbocycles. The average Bonchev–Trinajstić information content (AvgIpc) is 3.10. The van der Waals surface area contributed by atoms with Crippen LogP contribution in [-0.4, -0.2) is 28.0 Å². The lowest BCUT2D eigenvalue weighted by molar-refractivity contribution is 0.151. The van der Waals surface area contributed by atoms with E-state index in [1.807, 2.05) is 30.3 Å². The van der Waals surface area contributed by atoms with Crippen LogP contribution >= 0.6 is 23.6 Å². The van der Waals surface area contributed by atoms with Crippen molar-refractivity contribution in [2.24, 2.45) is 0 Å². The monoisotopic (exact) mass is 307 g/mol. The van der Waals surface area contributed by atoms with Crippen molar-refractivity contribution in [3.05, 3.63) is 39.8 Å². The molecule has 20 heavy (non-hydrogen) atoms. The van der Waals surface area contributed by atoms with Crippen LogP contribution in [0.4, 0.5) is 5.13 Å². The molecule has 106 valence electrons. The maximum Gasteiger partial charge on any atom is 0.207 e. The maximum absolute atomic E-state index is 10.3. The first-order valence-electron chi connectivity index (χ1n) is 6.80. The SMILES string of the molecule is OC(Cn1nc(N2CCCC2)sc1=S)c1ccccc1. The van der Waals surface area contributed by atoms with Crippen molar-refractivity contribution in [3.8, 4) is 0 Å². The van der Waals surface area contributed by atoms with Crippen LogP contribution in [0.3, 0.4) is 0 Å². The van der Waals surface area contributed by atoms with Crippen molar-refractivity contribution in [2.75, 3.05) is 18.0 Å². The number of aromatic nitrogens is 2. The molecule has 1 aromatic carbocycles. The van der Waals surface area contributed by atoms with Crippen molar-refractivity contribution in [1.29, 1.82) is 0 Å². The molecule has 2 aromatic rings. The fraction of sp³-hybridized carbons (Fsp3) is 0.429. The standard InChI is InChI=1S/C14H17N3OS2/c18-12(11-6-2-1-3-7-11)10-17-14(19)20-13(15-17)16-8-4-5-9-16/h1-3,6-7,12,18H,4-5,8-10H2. The molecule has 1 unspecified atom stereocenters. The van der Waals surface area contributed by atoms with E-state index in [0.717, 1.165) is 27.7 Å². The third kappa shape index (κ3) is 2.92. The second-order valence-corrected chi connectivity index (χ2v) is 6.55. The fourth-order valence-electron chi connectivity index (χ4n) is 2.39. The molecule has 1 fully saturated rings. The number of anilines is 1. The summed E-state index contributed by atoms with van der Waals surface area (Å²) in [5.74, 6) is 0. The van der Waals surface area contributed by atoms with Crippen molar-refractivity contribution in [3.63, 3.8) is 0 Å². The van der Waals surface area contributed by atoms with Gasteiger partial charge in [-0.1, -0.05) is 41.7 Å². The molecular weight excluding hydrogens is 290 g/mol. The minimum Gasteiger partial charge on any atom is -0.386 e. The van der Waals surface area contributed by atoms with Gasteiger partial charge in [-0.3, -0.25) is 0 Å². The van der Waals surface area contributed by atoms with Gasteiger partial charge in [0.15, 0.2) is 3.95 Å². The van der Waals surface area contributed by atoms with Crippen molar-refractivity contribution >= 4 is 28.7 Å². The molecule has 1 aliphatic heterocycles. The average molecular weight is 307 g/mol. The summed E-state index contributed by atoms with van der Waals surface area (Å²) in [6, 6.07) is 9.63. The van der Waals surface area contributed by atoms with E-state index in [2.05, 4.69) is 10.00 Å². The highest BCUT2D eigenvalue weighted by Crippen LogP contribution is 2.25. The van der Waals surface area contributed by atoms with E-state index in [-0.39, 0.29) is 0 Å². The van der Waals surface area contributed by atoms with E-state index in [0.29, 0.717) is 6.54 Å². The van der Waals surface area contributed by atoms with Gasteiger partial charge in [0, 0.05) is 13.1 Å². The molecule has 0 radical (unpaired) electrons. The zero-order valence-corrected chi connectivity index (χ0v) is 12.7. The first-order valence-corrected chi connectivity index (χ1v) is 8.02. The topological polar surface area (TPSA) is 41.3 Å². The summed E-state index contributed by atoms with van der Waals surface area (Å²) in [6.45, 7) is 2.53. The largest absolute Gasteiger partial charge is 0.386 e. The first-order chi connectivity index (χ1) is 9.74. The Morgan fingerprint density at radius 3 is 2.65 bits per heavy atom. The highest BCUT2D eigenvalue weighted by Gasteiger charge is 2.18. The van der Waals surface area contributed by atoms with Crippen LogP contribution in [-0.2, 0) is 6.54 Å². The number of hydrogen-bond donors (Lipinski definition) is 1. The molecule has 1 aliphatic rings. The summed E-state index contributed by atoms with van der Waals surface area (Å²) in [5, 5.41) is 15.8. The van der Waals surface area contributed by atoms with Gasteiger partial charge in [-0.15, -0.1) is 5.10 Å². The van der Waals surface area contributed by atoms with Crippen LogP contribution in [0.15, 0.2) is 30.3 Å². The quantitative estimate of drug-likeness (QED) is 0.882. The summed E-state index contributed by atoms with van der Waals surface area (Å²) in [6.07, 6.45) is 1.87. The molecule has 6 heteroatoms. The second kappa shape index (κ2) is 6.03. The van der Waals surface area contributed by atoms with Gasteiger partial charge in [0.05, 0.1) is 12.6 Å². The van der Waals surface area contributed by atoms with E-state index in [4.69, 9.17) is 12.2 Å². The van der Waals surface area contributed by atoms with Crippen molar-refractivity contribution in [1.82, 2.24) is 9.78 Å². The van der Waals surface area contributed by atoms with Gasteiger partial charge in [-0.2, -0.15) is 0 Å². The number of aliphatic hydroxyl groups excluding tert-OH is 1. The van der Waals surface area contributed by atoms with Gasteiger partial charge in [-0.25, -0.2) is 4.68 Å².